The van der Waals surface area contributed by atoms with E-state index in [2.05, 4.69) is 10.4 Å². The third kappa shape index (κ3) is 4.56. The Hall–Kier alpha value is -2.33. The number of nitrogens with one attached hydrogen (secondary N) is 1. The first-order valence-corrected chi connectivity index (χ1v) is 10.2. The number of alkyl halides is 3. The minimum atomic E-state index is -4.56. The second-order valence-corrected chi connectivity index (χ2v) is 8.76. The van der Waals surface area contributed by atoms with E-state index >= 15 is 0 Å². The molecule has 0 unspecified atom stereocenters. The Bertz CT molecular complexity index is 1060. The molecule has 1 amide bonds. The van der Waals surface area contributed by atoms with Crippen LogP contribution in [0.25, 0.3) is 5.69 Å². The highest BCUT2D eigenvalue weighted by atomic mass is 35.5. The zero-order chi connectivity index (χ0) is 20.7. The lowest BCUT2D eigenvalue weighted by molar-refractivity contribution is -0.137. The zero-order valence-corrected chi connectivity index (χ0v) is 16.1. The van der Waals surface area contributed by atoms with Crippen LogP contribution in [0.4, 0.5) is 19.0 Å². The Morgan fingerprint density at radius 3 is 2.68 bits per heavy atom. The Morgan fingerprint density at radius 2 is 2.07 bits per heavy atom. The van der Waals surface area contributed by atoms with Crippen LogP contribution in [0.1, 0.15) is 17.7 Å². The van der Waals surface area contributed by atoms with E-state index in [1.807, 2.05) is 0 Å². The number of carbonyl (C=O) groups excluding carboxylic acids is 1. The Balaban J connectivity index is 1.86. The van der Waals surface area contributed by atoms with Gasteiger partial charge in [0.1, 0.15) is 5.82 Å². The predicted octanol–water partition coefficient (Wildman–Crippen LogP) is 3.74. The third-order valence-electron chi connectivity index (χ3n) is 4.05. The molecule has 3 rings (SSSR count). The van der Waals surface area contributed by atoms with Gasteiger partial charge in [0.15, 0.2) is 9.84 Å². The number of sulfone groups is 1. The maximum absolute atomic E-state index is 13.0. The largest absolute Gasteiger partial charge is 0.416 e. The molecule has 28 heavy (non-hydrogen) atoms. The molecule has 2 heterocycles. The van der Waals surface area contributed by atoms with Crippen molar-refractivity contribution in [1.29, 1.82) is 0 Å². The first-order chi connectivity index (χ1) is 12.9. The number of hydrogen-bond donors (Lipinski definition) is 1. The maximum Gasteiger partial charge on any atom is 0.416 e. The van der Waals surface area contributed by atoms with E-state index in [0.717, 1.165) is 28.3 Å². The molecule has 2 aromatic rings. The van der Waals surface area contributed by atoms with Crippen LogP contribution in [0.3, 0.4) is 0 Å². The summed E-state index contributed by atoms with van der Waals surface area (Å²) < 4.78 is 63.1. The summed E-state index contributed by atoms with van der Waals surface area (Å²) in [4.78, 5) is 12.3. The van der Waals surface area contributed by atoms with Gasteiger partial charge >= 0.3 is 6.18 Å². The summed E-state index contributed by atoms with van der Waals surface area (Å²) >= 11 is 6.05. The van der Waals surface area contributed by atoms with E-state index in [1.54, 1.807) is 6.92 Å². The number of aryl methyl sites for hydroxylation is 1. The minimum Gasteiger partial charge on any atom is -0.311 e. The number of nitrogens with zero attached hydrogens (tertiary/aromatic N) is 2. The smallest absolute Gasteiger partial charge is 0.311 e. The highest BCUT2D eigenvalue weighted by Gasteiger charge is 2.31. The number of benzene rings is 1. The monoisotopic (exact) mass is 433 g/mol. The Morgan fingerprint density at radius 1 is 1.36 bits per heavy atom. The molecular formula is C17H15ClF3N3O3S. The fraction of sp³-hybridized carbons (Fsp3) is 0.294. The van der Waals surface area contributed by atoms with E-state index < -0.39 is 33.4 Å². The molecule has 0 saturated carbocycles. The lowest BCUT2D eigenvalue weighted by Gasteiger charge is -2.14. The first kappa shape index (κ1) is 20.4. The van der Waals surface area contributed by atoms with Crippen LogP contribution in [0.15, 0.2) is 35.7 Å². The van der Waals surface area contributed by atoms with Crippen molar-refractivity contribution < 1.29 is 26.4 Å². The number of allylic oxidation sites excluding steroid dienone is 1. The quantitative estimate of drug-likeness (QED) is 0.796. The molecule has 1 N–H and O–H groups in total. The van der Waals surface area contributed by atoms with Crippen molar-refractivity contribution in [1.82, 2.24) is 9.78 Å². The molecule has 1 aromatic carbocycles. The van der Waals surface area contributed by atoms with Gasteiger partial charge in [-0.3, -0.25) is 4.79 Å². The van der Waals surface area contributed by atoms with Crippen molar-refractivity contribution in [2.24, 2.45) is 5.92 Å². The van der Waals surface area contributed by atoms with E-state index in [9.17, 15) is 26.4 Å². The number of anilines is 1. The molecule has 150 valence electrons. The molecule has 0 bridgehead atoms. The van der Waals surface area contributed by atoms with Gasteiger partial charge in [-0.25, -0.2) is 13.1 Å². The third-order valence-corrected chi connectivity index (χ3v) is 5.84. The van der Waals surface area contributed by atoms with Crippen LogP contribution >= 0.6 is 11.6 Å². The summed E-state index contributed by atoms with van der Waals surface area (Å²) in [5.41, 5.74) is -0.492. The van der Waals surface area contributed by atoms with Gasteiger partial charge in [0.25, 0.3) is 0 Å². The Kier molecular flexibility index (Phi) is 5.28. The molecule has 1 aliphatic rings. The van der Waals surface area contributed by atoms with Gasteiger partial charge in [-0.05, 0) is 25.1 Å². The average molecular weight is 434 g/mol. The standard InChI is InChI=1S/C17H15ClF3N3O3S/c1-10-6-15(22-16(25)7-11-4-5-28(26,27)9-11)24(23-10)14-8-12(17(19,20)21)2-3-13(14)18/h2-6,8,11H,7,9H2,1H3,(H,22,25)/t11-/m0/s1. The van der Waals surface area contributed by atoms with Crippen molar-refractivity contribution >= 4 is 33.2 Å². The molecule has 1 aromatic heterocycles. The highest BCUT2D eigenvalue weighted by molar-refractivity contribution is 7.94. The van der Waals surface area contributed by atoms with Crippen molar-refractivity contribution in [3.05, 3.63) is 52.0 Å². The molecule has 0 radical (unpaired) electrons. The summed E-state index contributed by atoms with van der Waals surface area (Å²) in [5, 5.41) is 7.77. The van der Waals surface area contributed by atoms with Crippen LogP contribution in [-0.4, -0.2) is 29.9 Å². The molecule has 0 saturated heterocycles. The normalized spacial score (nSPS) is 18.4. The van der Waals surface area contributed by atoms with Gasteiger partial charge in [0.05, 0.1) is 27.7 Å². The second-order valence-electron chi connectivity index (χ2n) is 6.42. The van der Waals surface area contributed by atoms with Gasteiger partial charge in [0.2, 0.25) is 5.91 Å². The van der Waals surface area contributed by atoms with Gasteiger partial charge in [-0.2, -0.15) is 18.3 Å². The van der Waals surface area contributed by atoms with E-state index in [1.165, 1.54) is 12.1 Å². The predicted molar refractivity (Wildman–Crippen MR) is 98.0 cm³/mol. The molecule has 0 fully saturated rings. The van der Waals surface area contributed by atoms with Gasteiger partial charge < -0.3 is 5.32 Å². The number of amides is 1. The lowest BCUT2D eigenvalue weighted by atomic mass is 10.1. The summed E-state index contributed by atoms with van der Waals surface area (Å²) in [6, 6.07) is 4.29. The number of hydrogen-bond acceptors (Lipinski definition) is 4. The summed E-state index contributed by atoms with van der Waals surface area (Å²) in [6.45, 7) is 1.61. The van der Waals surface area contributed by atoms with Crippen molar-refractivity contribution in [2.75, 3.05) is 11.1 Å². The van der Waals surface area contributed by atoms with Crippen LogP contribution in [0.5, 0.6) is 0 Å². The first-order valence-electron chi connectivity index (χ1n) is 8.09. The Labute approximate surface area is 163 Å². The molecule has 0 aliphatic carbocycles. The van der Waals surface area contributed by atoms with Crippen LogP contribution < -0.4 is 5.32 Å². The van der Waals surface area contributed by atoms with E-state index in [0.29, 0.717) is 5.69 Å². The maximum atomic E-state index is 13.0. The second kappa shape index (κ2) is 7.25. The summed E-state index contributed by atoms with van der Waals surface area (Å²) in [6.07, 6.45) is -3.21. The fourth-order valence-electron chi connectivity index (χ4n) is 2.82. The summed E-state index contributed by atoms with van der Waals surface area (Å²) in [5.74, 6) is -0.970. The average Bonchev–Trinajstić information content (AvgIpc) is 3.08. The fourth-order valence-corrected chi connectivity index (χ4v) is 4.42. The van der Waals surface area contributed by atoms with Gasteiger partial charge in [-0.1, -0.05) is 17.7 Å². The van der Waals surface area contributed by atoms with Gasteiger partial charge in [0, 0.05) is 23.8 Å². The molecule has 1 atom stereocenters. The zero-order valence-electron chi connectivity index (χ0n) is 14.5. The van der Waals surface area contributed by atoms with Gasteiger partial charge in [-0.15, -0.1) is 0 Å². The van der Waals surface area contributed by atoms with Crippen molar-refractivity contribution in [2.45, 2.75) is 19.5 Å². The van der Waals surface area contributed by atoms with Crippen molar-refractivity contribution in [3.63, 3.8) is 0 Å². The molecule has 0 spiro atoms. The molecular weight excluding hydrogens is 419 g/mol. The minimum absolute atomic E-state index is 0.0245. The molecule has 11 heteroatoms. The number of halogens is 4. The topological polar surface area (TPSA) is 81.1 Å². The number of aromatic nitrogens is 2. The van der Waals surface area contributed by atoms with E-state index in [4.69, 9.17) is 11.6 Å². The SMILES string of the molecule is Cc1cc(NC(=O)C[C@@H]2C=CS(=O)(=O)C2)n(-c2cc(C(F)(F)F)ccc2Cl)n1. The number of carbonyl (C=O) groups is 1. The van der Waals surface area contributed by atoms with Crippen LogP contribution in [-0.2, 0) is 20.8 Å². The molecule has 6 nitrogen and oxygen atoms in total. The van der Waals surface area contributed by atoms with Crippen molar-refractivity contribution in [3.8, 4) is 5.69 Å². The highest BCUT2D eigenvalue weighted by Crippen LogP contribution is 2.34. The number of rotatable bonds is 4. The molecule has 1 aliphatic heterocycles. The lowest BCUT2D eigenvalue weighted by Crippen LogP contribution is -2.19. The summed E-state index contributed by atoms with van der Waals surface area (Å²) in [7, 11) is -3.29. The van der Waals surface area contributed by atoms with Crippen LogP contribution in [0.2, 0.25) is 5.02 Å². The van der Waals surface area contributed by atoms with E-state index in [-0.39, 0.29) is 28.7 Å². The van der Waals surface area contributed by atoms with Crippen LogP contribution in [0, 0.1) is 12.8 Å².